The topological polar surface area (TPSA) is 66.4 Å². The van der Waals surface area contributed by atoms with Crippen molar-refractivity contribution in [2.75, 3.05) is 0 Å². The smallest absolute Gasteiger partial charge is 0.240 e. The first-order chi connectivity index (χ1) is 9.44. The molecule has 0 fully saturated rings. The van der Waals surface area contributed by atoms with Gasteiger partial charge in [-0.25, -0.2) is 13.1 Å². The Kier molecular flexibility index (Phi) is 6.65. The van der Waals surface area contributed by atoms with E-state index in [4.69, 9.17) is 0 Å². The molecule has 1 rings (SSSR count). The molecule has 1 aromatic carbocycles. The Bertz CT molecular complexity index is 526. The highest BCUT2D eigenvalue weighted by Gasteiger charge is 2.18. The summed E-state index contributed by atoms with van der Waals surface area (Å²) in [6, 6.07) is 4.86. The first-order valence-corrected chi connectivity index (χ1v) is 8.67. The van der Waals surface area contributed by atoms with E-state index < -0.39 is 10.0 Å². The Morgan fingerprint density at radius 1 is 1.25 bits per heavy atom. The molecule has 5 heteroatoms. The summed E-state index contributed by atoms with van der Waals surface area (Å²) < 4.78 is 27.2. The highest BCUT2D eigenvalue weighted by Crippen LogP contribution is 2.17. The van der Waals surface area contributed by atoms with Crippen LogP contribution in [0.3, 0.4) is 0 Å². The van der Waals surface area contributed by atoms with Gasteiger partial charge in [0, 0.05) is 6.04 Å². The predicted octanol–water partition coefficient (Wildman–Crippen LogP) is 2.60. The maximum absolute atomic E-state index is 12.3. The Balaban J connectivity index is 2.92. The van der Waals surface area contributed by atoms with E-state index in [0.717, 1.165) is 31.2 Å². The number of aliphatic hydroxyl groups is 1. The van der Waals surface area contributed by atoms with Crippen LogP contribution >= 0.6 is 0 Å². The third kappa shape index (κ3) is 4.58. The van der Waals surface area contributed by atoms with Gasteiger partial charge in [0.15, 0.2) is 0 Å². The second kappa shape index (κ2) is 7.76. The molecule has 114 valence electrons. The van der Waals surface area contributed by atoms with Crippen LogP contribution in [-0.2, 0) is 23.1 Å². The minimum Gasteiger partial charge on any atom is -0.392 e. The second-order valence-electron chi connectivity index (χ2n) is 5.11. The summed E-state index contributed by atoms with van der Waals surface area (Å²) in [6.45, 7) is 5.80. The van der Waals surface area contributed by atoms with Crippen LogP contribution in [0.25, 0.3) is 0 Å². The van der Waals surface area contributed by atoms with Crippen molar-refractivity contribution in [3.05, 3.63) is 29.3 Å². The van der Waals surface area contributed by atoms with Crippen molar-refractivity contribution in [1.29, 1.82) is 0 Å². The molecule has 20 heavy (non-hydrogen) atoms. The van der Waals surface area contributed by atoms with Crippen LogP contribution in [0, 0.1) is 0 Å². The first-order valence-electron chi connectivity index (χ1n) is 7.19. The molecule has 1 unspecified atom stereocenters. The highest BCUT2D eigenvalue weighted by atomic mass is 32.2. The zero-order valence-corrected chi connectivity index (χ0v) is 13.3. The molecule has 0 amide bonds. The van der Waals surface area contributed by atoms with Crippen LogP contribution in [-0.4, -0.2) is 19.6 Å². The lowest BCUT2D eigenvalue weighted by Crippen LogP contribution is -2.32. The molecule has 0 aliphatic rings. The number of aryl methyl sites for hydroxylation is 1. The SMILES string of the molecule is CCCCC(C)NS(=O)(=O)c1ccc(CC)c(CO)c1. The third-order valence-electron chi connectivity index (χ3n) is 3.39. The van der Waals surface area contributed by atoms with Gasteiger partial charge in [-0.3, -0.25) is 0 Å². The lowest BCUT2D eigenvalue weighted by molar-refractivity contribution is 0.280. The molecule has 0 radical (unpaired) electrons. The van der Waals surface area contributed by atoms with Gasteiger partial charge in [-0.15, -0.1) is 0 Å². The summed E-state index contributed by atoms with van der Waals surface area (Å²) in [5.74, 6) is 0. The molecule has 0 aromatic heterocycles. The molecule has 4 nitrogen and oxygen atoms in total. The number of hydrogen-bond donors (Lipinski definition) is 2. The van der Waals surface area contributed by atoms with Crippen LogP contribution in [0.1, 0.15) is 51.2 Å². The Labute approximate surface area is 122 Å². The van der Waals surface area contributed by atoms with Crippen molar-refractivity contribution in [2.24, 2.45) is 0 Å². The van der Waals surface area contributed by atoms with Gasteiger partial charge in [-0.05, 0) is 43.0 Å². The minimum absolute atomic E-state index is 0.0802. The molecular weight excluding hydrogens is 274 g/mol. The van der Waals surface area contributed by atoms with Gasteiger partial charge in [0.2, 0.25) is 10.0 Å². The second-order valence-corrected chi connectivity index (χ2v) is 6.82. The zero-order chi connectivity index (χ0) is 15.2. The number of sulfonamides is 1. The number of nitrogens with one attached hydrogen (secondary N) is 1. The van der Waals surface area contributed by atoms with E-state index in [9.17, 15) is 13.5 Å². The molecule has 0 bridgehead atoms. The Morgan fingerprint density at radius 3 is 2.50 bits per heavy atom. The monoisotopic (exact) mass is 299 g/mol. The van der Waals surface area contributed by atoms with Gasteiger partial charge < -0.3 is 5.11 Å². The molecule has 0 saturated carbocycles. The number of aliphatic hydroxyl groups excluding tert-OH is 1. The summed E-state index contributed by atoms with van der Waals surface area (Å²) in [5, 5.41) is 9.32. The van der Waals surface area contributed by atoms with Crippen molar-refractivity contribution in [1.82, 2.24) is 4.72 Å². The summed E-state index contributed by atoms with van der Waals surface area (Å²) in [5.41, 5.74) is 1.65. The maximum atomic E-state index is 12.3. The van der Waals surface area contributed by atoms with Crippen LogP contribution in [0.5, 0.6) is 0 Å². The number of hydrogen-bond acceptors (Lipinski definition) is 3. The van der Waals surface area contributed by atoms with Crippen LogP contribution in [0.4, 0.5) is 0 Å². The highest BCUT2D eigenvalue weighted by molar-refractivity contribution is 7.89. The first kappa shape index (κ1) is 17.1. The molecule has 0 heterocycles. The van der Waals surface area contributed by atoms with Gasteiger partial charge >= 0.3 is 0 Å². The Morgan fingerprint density at radius 2 is 1.95 bits per heavy atom. The van der Waals surface area contributed by atoms with Gasteiger partial charge in [-0.1, -0.05) is 32.8 Å². The van der Waals surface area contributed by atoms with E-state index in [1.165, 1.54) is 0 Å². The number of unbranched alkanes of at least 4 members (excludes halogenated alkanes) is 1. The molecule has 0 saturated heterocycles. The van der Waals surface area contributed by atoms with Crippen LogP contribution in [0.15, 0.2) is 23.1 Å². The maximum Gasteiger partial charge on any atom is 0.240 e. The van der Waals surface area contributed by atoms with Crippen LogP contribution < -0.4 is 4.72 Å². The van der Waals surface area contributed by atoms with E-state index in [2.05, 4.69) is 11.6 Å². The van der Waals surface area contributed by atoms with E-state index in [-0.39, 0.29) is 17.5 Å². The van der Waals surface area contributed by atoms with Crippen molar-refractivity contribution >= 4 is 10.0 Å². The minimum atomic E-state index is -3.51. The fourth-order valence-electron chi connectivity index (χ4n) is 2.16. The van der Waals surface area contributed by atoms with Crippen molar-refractivity contribution in [3.8, 4) is 0 Å². The molecule has 1 atom stereocenters. The zero-order valence-electron chi connectivity index (χ0n) is 12.5. The lowest BCUT2D eigenvalue weighted by Gasteiger charge is -2.15. The van der Waals surface area contributed by atoms with E-state index in [0.29, 0.717) is 5.56 Å². The summed E-state index contributed by atoms with van der Waals surface area (Å²) in [4.78, 5) is 0.224. The molecule has 2 N–H and O–H groups in total. The fraction of sp³-hybridized carbons (Fsp3) is 0.600. The molecule has 1 aromatic rings. The number of rotatable bonds is 8. The van der Waals surface area contributed by atoms with Gasteiger partial charge in [0.25, 0.3) is 0 Å². The predicted molar refractivity (Wildman–Crippen MR) is 81.1 cm³/mol. The standard InChI is InChI=1S/C15H25NO3S/c1-4-6-7-12(3)16-20(18,19)15-9-8-13(5-2)14(10-15)11-17/h8-10,12,16-17H,4-7,11H2,1-3H3. The Hall–Kier alpha value is -0.910. The number of benzene rings is 1. The molecule has 0 aliphatic carbocycles. The fourth-order valence-corrected chi connectivity index (χ4v) is 3.49. The van der Waals surface area contributed by atoms with Gasteiger partial charge in [0.1, 0.15) is 0 Å². The van der Waals surface area contributed by atoms with Gasteiger partial charge in [-0.2, -0.15) is 0 Å². The van der Waals surface area contributed by atoms with Crippen molar-refractivity contribution < 1.29 is 13.5 Å². The lowest BCUT2D eigenvalue weighted by atomic mass is 10.1. The largest absolute Gasteiger partial charge is 0.392 e. The van der Waals surface area contributed by atoms with E-state index in [1.54, 1.807) is 18.2 Å². The van der Waals surface area contributed by atoms with E-state index in [1.807, 2.05) is 13.8 Å². The summed E-state index contributed by atoms with van der Waals surface area (Å²) in [6.07, 6.45) is 3.65. The van der Waals surface area contributed by atoms with E-state index >= 15 is 0 Å². The summed E-state index contributed by atoms with van der Waals surface area (Å²) >= 11 is 0. The van der Waals surface area contributed by atoms with Gasteiger partial charge in [0.05, 0.1) is 11.5 Å². The van der Waals surface area contributed by atoms with Crippen molar-refractivity contribution in [3.63, 3.8) is 0 Å². The average Bonchev–Trinajstić information content (AvgIpc) is 2.43. The molecule has 0 aliphatic heterocycles. The van der Waals surface area contributed by atoms with Crippen molar-refractivity contribution in [2.45, 2.75) is 64.0 Å². The third-order valence-corrected chi connectivity index (χ3v) is 4.97. The average molecular weight is 299 g/mol. The normalized spacial score (nSPS) is 13.4. The summed E-state index contributed by atoms with van der Waals surface area (Å²) in [7, 11) is -3.51. The van der Waals surface area contributed by atoms with Crippen LogP contribution in [0.2, 0.25) is 0 Å². The quantitative estimate of drug-likeness (QED) is 0.775. The molecule has 0 spiro atoms. The molecular formula is C15H25NO3S.